The van der Waals surface area contributed by atoms with Crippen LogP contribution < -0.4 is 4.74 Å². The molecule has 1 aliphatic heterocycles. The first-order chi connectivity index (χ1) is 17.1. The van der Waals surface area contributed by atoms with Gasteiger partial charge in [-0.1, -0.05) is 26.0 Å². The van der Waals surface area contributed by atoms with Gasteiger partial charge in [0.1, 0.15) is 11.4 Å². The lowest BCUT2D eigenvalue weighted by molar-refractivity contribution is -0.142. The number of hydrogen-bond donors (Lipinski definition) is 0. The number of fused-ring (bicyclic) bond motifs is 1. The predicted octanol–water partition coefficient (Wildman–Crippen LogP) is 5.02. The molecule has 0 aliphatic carbocycles. The summed E-state index contributed by atoms with van der Waals surface area (Å²) in [6.07, 6.45) is 5.64. The number of likely N-dealkylation sites (tertiary alicyclic amines) is 1. The molecule has 0 N–H and O–H groups in total. The molecule has 1 aromatic carbocycles. The number of pyridine rings is 1. The molecule has 36 heavy (non-hydrogen) atoms. The van der Waals surface area contributed by atoms with E-state index in [0.29, 0.717) is 23.4 Å². The molecule has 1 fully saturated rings. The molecule has 1 atom stereocenters. The van der Waals surface area contributed by atoms with Gasteiger partial charge in [-0.05, 0) is 50.3 Å². The second-order valence-corrected chi connectivity index (χ2v) is 10.6. The number of Topliss-reactive ketones (excluding diaryl/α,β-unsaturated/α-hetero) is 1. The molecular weight excluding hydrogens is 452 g/mol. The van der Waals surface area contributed by atoms with Crippen molar-refractivity contribution in [1.29, 1.82) is 5.26 Å². The van der Waals surface area contributed by atoms with Gasteiger partial charge in [-0.3, -0.25) is 9.59 Å². The van der Waals surface area contributed by atoms with Crippen molar-refractivity contribution in [2.45, 2.75) is 58.4 Å². The minimum Gasteiger partial charge on any atom is -0.496 e. The van der Waals surface area contributed by atoms with Crippen LogP contribution >= 0.6 is 0 Å². The molecule has 7 nitrogen and oxygen atoms in total. The van der Waals surface area contributed by atoms with Crippen LogP contribution in [-0.2, 0) is 18.3 Å². The summed E-state index contributed by atoms with van der Waals surface area (Å²) in [5, 5.41) is 10.1. The van der Waals surface area contributed by atoms with Crippen LogP contribution in [0.1, 0.15) is 73.5 Å². The standard InChI is InChI=1S/C29H34N4O3/c1-18(2)28(35)33-11-10-21(14-29(33,3)4)23-17-32(5)27-25(23)26(36-6)22(16-31-27)13-24(34)20-9-7-8-19(12-20)15-30/h7-9,12,16-18,21H,10-11,13-14H2,1-6H3/t21-/m0/s1. The molecule has 0 spiro atoms. The Morgan fingerprint density at radius 3 is 2.69 bits per heavy atom. The van der Waals surface area contributed by atoms with E-state index in [0.717, 1.165) is 35.0 Å². The number of carbonyl (C=O) groups is 2. The first kappa shape index (κ1) is 25.4. The highest BCUT2D eigenvalue weighted by Gasteiger charge is 2.40. The number of ketones is 1. The third-order valence-corrected chi connectivity index (χ3v) is 7.29. The number of nitrogens with zero attached hydrogens (tertiary/aromatic N) is 4. The van der Waals surface area contributed by atoms with Gasteiger partial charge in [-0.15, -0.1) is 0 Å². The lowest BCUT2D eigenvalue weighted by Crippen LogP contribution is -2.53. The Hall–Kier alpha value is -3.66. The van der Waals surface area contributed by atoms with Crippen LogP contribution in [-0.4, -0.2) is 45.3 Å². The lowest BCUT2D eigenvalue weighted by Gasteiger charge is -2.46. The number of rotatable bonds is 6. The maximum atomic E-state index is 13.1. The smallest absolute Gasteiger partial charge is 0.225 e. The van der Waals surface area contributed by atoms with Crippen LogP contribution in [0.2, 0.25) is 0 Å². The number of aromatic nitrogens is 2. The van der Waals surface area contributed by atoms with Gasteiger partial charge >= 0.3 is 0 Å². The maximum absolute atomic E-state index is 13.1. The Morgan fingerprint density at radius 2 is 2.06 bits per heavy atom. The zero-order valence-corrected chi connectivity index (χ0v) is 22.0. The first-order valence-electron chi connectivity index (χ1n) is 12.4. The average Bonchev–Trinajstić information content (AvgIpc) is 3.19. The number of piperidine rings is 1. The number of hydrogen-bond acceptors (Lipinski definition) is 5. The molecule has 2 aromatic heterocycles. The molecule has 4 rings (SSSR count). The van der Waals surface area contributed by atoms with E-state index in [1.54, 1.807) is 37.6 Å². The van der Waals surface area contributed by atoms with Gasteiger partial charge in [0.25, 0.3) is 0 Å². The van der Waals surface area contributed by atoms with Crippen molar-refractivity contribution in [3.8, 4) is 11.8 Å². The SMILES string of the molecule is COc1c(CC(=O)c2cccc(C#N)c2)cnc2c1c([C@H]1CCN(C(=O)C(C)C)C(C)(C)C1)cn2C. The zero-order chi connectivity index (χ0) is 26.2. The molecule has 0 radical (unpaired) electrons. The number of ether oxygens (including phenoxy) is 1. The second kappa shape index (κ2) is 9.77. The Labute approximate surface area is 212 Å². The van der Waals surface area contributed by atoms with Crippen LogP contribution in [0.4, 0.5) is 0 Å². The Morgan fingerprint density at radius 1 is 1.31 bits per heavy atom. The molecule has 0 bridgehead atoms. The van der Waals surface area contributed by atoms with Gasteiger partial charge in [0, 0.05) is 55.0 Å². The van der Waals surface area contributed by atoms with Gasteiger partial charge in [-0.2, -0.15) is 5.26 Å². The number of amides is 1. The largest absolute Gasteiger partial charge is 0.496 e. The van der Waals surface area contributed by atoms with Crippen LogP contribution in [0.5, 0.6) is 5.75 Å². The quantitative estimate of drug-likeness (QED) is 0.457. The molecule has 7 heteroatoms. The normalized spacial score (nSPS) is 17.3. The van der Waals surface area contributed by atoms with E-state index in [9.17, 15) is 14.9 Å². The van der Waals surface area contributed by atoms with Crippen molar-refractivity contribution in [1.82, 2.24) is 14.5 Å². The van der Waals surface area contributed by atoms with Crippen molar-refractivity contribution >= 4 is 22.7 Å². The molecule has 1 saturated heterocycles. The summed E-state index contributed by atoms with van der Waals surface area (Å²) in [7, 11) is 3.60. The van der Waals surface area contributed by atoms with Crippen LogP contribution in [0.3, 0.4) is 0 Å². The van der Waals surface area contributed by atoms with E-state index >= 15 is 0 Å². The summed E-state index contributed by atoms with van der Waals surface area (Å²) in [6, 6.07) is 8.83. The van der Waals surface area contributed by atoms with E-state index < -0.39 is 0 Å². The van der Waals surface area contributed by atoms with Crippen molar-refractivity contribution < 1.29 is 14.3 Å². The van der Waals surface area contributed by atoms with E-state index in [-0.39, 0.29) is 35.5 Å². The Bertz CT molecular complexity index is 1360. The third kappa shape index (κ3) is 4.60. The monoisotopic (exact) mass is 486 g/mol. The molecule has 3 heterocycles. The van der Waals surface area contributed by atoms with E-state index in [2.05, 4.69) is 26.1 Å². The average molecular weight is 487 g/mol. The van der Waals surface area contributed by atoms with Crippen LogP contribution in [0.15, 0.2) is 36.7 Å². The number of methoxy groups -OCH3 is 1. The fourth-order valence-corrected chi connectivity index (χ4v) is 5.48. The maximum Gasteiger partial charge on any atom is 0.225 e. The van der Waals surface area contributed by atoms with Crippen molar-refractivity contribution in [3.05, 3.63) is 58.9 Å². The minimum atomic E-state index is -0.271. The molecule has 1 aliphatic rings. The van der Waals surface area contributed by atoms with Crippen molar-refractivity contribution in [3.63, 3.8) is 0 Å². The molecule has 0 unspecified atom stereocenters. The van der Waals surface area contributed by atoms with Crippen LogP contribution in [0.25, 0.3) is 11.0 Å². The molecule has 188 valence electrons. The number of nitriles is 1. The molecule has 0 saturated carbocycles. The first-order valence-corrected chi connectivity index (χ1v) is 12.4. The summed E-state index contributed by atoms with van der Waals surface area (Å²) in [5.41, 5.74) is 3.35. The van der Waals surface area contributed by atoms with E-state index in [1.165, 1.54) is 0 Å². The fourth-order valence-electron chi connectivity index (χ4n) is 5.48. The Balaban J connectivity index is 1.71. The second-order valence-electron chi connectivity index (χ2n) is 10.6. The fraction of sp³-hybridized carbons (Fsp3) is 0.448. The van der Waals surface area contributed by atoms with Crippen molar-refractivity contribution in [2.24, 2.45) is 13.0 Å². The van der Waals surface area contributed by atoms with Crippen molar-refractivity contribution in [2.75, 3.05) is 13.7 Å². The topological polar surface area (TPSA) is 88.2 Å². The highest BCUT2D eigenvalue weighted by atomic mass is 16.5. The summed E-state index contributed by atoms with van der Waals surface area (Å²) in [4.78, 5) is 32.6. The van der Waals surface area contributed by atoms with E-state index in [4.69, 9.17) is 9.72 Å². The summed E-state index contributed by atoms with van der Waals surface area (Å²) in [6.45, 7) is 8.88. The van der Waals surface area contributed by atoms with Gasteiger partial charge in [-0.25, -0.2) is 4.98 Å². The van der Waals surface area contributed by atoms with Gasteiger partial charge in [0.15, 0.2) is 5.78 Å². The van der Waals surface area contributed by atoms with Crippen LogP contribution in [0, 0.1) is 17.2 Å². The summed E-state index contributed by atoms with van der Waals surface area (Å²) in [5.74, 6) is 0.965. The molecule has 3 aromatic rings. The number of benzene rings is 1. The Kier molecular flexibility index (Phi) is 6.90. The predicted molar refractivity (Wildman–Crippen MR) is 139 cm³/mol. The minimum absolute atomic E-state index is 0.0309. The number of carbonyl (C=O) groups excluding carboxylic acids is 2. The third-order valence-electron chi connectivity index (χ3n) is 7.29. The highest BCUT2D eigenvalue weighted by Crippen LogP contribution is 2.44. The summed E-state index contributed by atoms with van der Waals surface area (Å²) < 4.78 is 7.91. The van der Waals surface area contributed by atoms with Gasteiger partial charge < -0.3 is 14.2 Å². The van der Waals surface area contributed by atoms with E-state index in [1.807, 2.05) is 30.4 Å². The summed E-state index contributed by atoms with van der Waals surface area (Å²) >= 11 is 0. The zero-order valence-electron chi connectivity index (χ0n) is 22.0. The molecular formula is C29H34N4O3. The number of aryl methyl sites for hydroxylation is 1. The van der Waals surface area contributed by atoms with Gasteiger partial charge in [0.05, 0.1) is 24.1 Å². The highest BCUT2D eigenvalue weighted by molar-refractivity contribution is 5.99. The molecule has 1 amide bonds. The lowest BCUT2D eigenvalue weighted by atomic mass is 9.78. The van der Waals surface area contributed by atoms with Gasteiger partial charge in [0.2, 0.25) is 5.91 Å².